The SMILES string of the molecule is CC[C@@H](Cl)C(=O)N1CC(CF)C1. The summed E-state index contributed by atoms with van der Waals surface area (Å²) in [4.78, 5) is 12.9. The van der Waals surface area contributed by atoms with Crippen LogP contribution in [-0.2, 0) is 4.79 Å². The molecule has 0 aromatic rings. The summed E-state index contributed by atoms with van der Waals surface area (Å²) in [6.07, 6.45) is 0.636. The van der Waals surface area contributed by atoms with Gasteiger partial charge >= 0.3 is 0 Å². The highest BCUT2D eigenvalue weighted by Crippen LogP contribution is 2.19. The maximum absolute atomic E-state index is 12.0. The molecule has 1 atom stereocenters. The molecule has 1 aliphatic rings. The fourth-order valence-electron chi connectivity index (χ4n) is 1.22. The van der Waals surface area contributed by atoms with E-state index in [-0.39, 0.29) is 18.5 Å². The first-order valence-corrected chi connectivity index (χ1v) is 4.61. The number of likely N-dealkylation sites (tertiary alicyclic amines) is 1. The van der Waals surface area contributed by atoms with Crippen LogP contribution in [0.15, 0.2) is 0 Å². The van der Waals surface area contributed by atoms with E-state index in [2.05, 4.69) is 0 Å². The van der Waals surface area contributed by atoms with E-state index in [1.807, 2.05) is 6.92 Å². The van der Waals surface area contributed by atoms with Crippen molar-refractivity contribution in [2.45, 2.75) is 18.7 Å². The Bertz CT molecular complexity index is 170. The van der Waals surface area contributed by atoms with E-state index in [1.54, 1.807) is 4.90 Å². The van der Waals surface area contributed by atoms with Crippen molar-refractivity contribution >= 4 is 17.5 Å². The minimum atomic E-state index is -0.425. The number of rotatable bonds is 3. The second-order valence-electron chi connectivity index (χ2n) is 3.14. The zero-order valence-corrected chi connectivity index (χ0v) is 7.85. The molecule has 1 saturated heterocycles. The first kappa shape index (κ1) is 9.78. The van der Waals surface area contributed by atoms with Crippen LogP contribution in [0.2, 0.25) is 0 Å². The summed E-state index contributed by atoms with van der Waals surface area (Å²) < 4.78 is 12.0. The highest BCUT2D eigenvalue weighted by atomic mass is 35.5. The Morgan fingerprint density at radius 3 is 2.75 bits per heavy atom. The smallest absolute Gasteiger partial charge is 0.240 e. The van der Waals surface area contributed by atoms with Crippen molar-refractivity contribution in [3.63, 3.8) is 0 Å². The summed E-state index contributed by atoms with van der Waals surface area (Å²) in [5.74, 6) is -0.00135. The van der Waals surface area contributed by atoms with E-state index < -0.39 is 5.38 Å². The predicted octanol–water partition coefficient (Wildman–Crippen LogP) is 1.43. The van der Waals surface area contributed by atoms with Crippen LogP contribution in [0.4, 0.5) is 4.39 Å². The van der Waals surface area contributed by atoms with Crippen molar-refractivity contribution in [3.8, 4) is 0 Å². The molecule has 1 heterocycles. The summed E-state index contributed by atoms with van der Waals surface area (Å²) in [6.45, 7) is 2.61. The van der Waals surface area contributed by atoms with Crippen LogP contribution in [0, 0.1) is 5.92 Å². The standard InChI is InChI=1S/C8H13ClFNO/c1-2-7(9)8(12)11-4-6(3-10)5-11/h6-7H,2-5H2,1H3/t7-/m1/s1. The van der Waals surface area contributed by atoms with Gasteiger partial charge < -0.3 is 4.90 Å². The van der Waals surface area contributed by atoms with Gasteiger partial charge in [0.25, 0.3) is 0 Å². The van der Waals surface area contributed by atoms with Gasteiger partial charge in [0.1, 0.15) is 5.38 Å². The molecule has 1 rings (SSSR count). The van der Waals surface area contributed by atoms with E-state index >= 15 is 0 Å². The van der Waals surface area contributed by atoms with Gasteiger partial charge in [-0.3, -0.25) is 9.18 Å². The summed E-state index contributed by atoms with van der Waals surface area (Å²) >= 11 is 5.73. The molecule has 1 amide bonds. The number of hydrogen-bond acceptors (Lipinski definition) is 1. The van der Waals surface area contributed by atoms with Crippen LogP contribution < -0.4 is 0 Å². The third-order valence-corrected chi connectivity index (χ3v) is 2.61. The second kappa shape index (κ2) is 4.08. The van der Waals surface area contributed by atoms with Crippen LogP contribution in [0.25, 0.3) is 0 Å². The van der Waals surface area contributed by atoms with Crippen LogP contribution in [0.3, 0.4) is 0 Å². The molecular formula is C8H13ClFNO. The summed E-state index contributed by atoms with van der Waals surface area (Å²) in [7, 11) is 0. The van der Waals surface area contributed by atoms with Crippen molar-refractivity contribution in [2.24, 2.45) is 5.92 Å². The largest absolute Gasteiger partial charge is 0.341 e. The molecule has 0 aromatic carbocycles. The van der Waals surface area contributed by atoms with Crippen LogP contribution >= 0.6 is 11.6 Å². The number of alkyl halides is 2. The fraction of sp³-hybridized carbons (Fsp3) is 0.875. The van der Waals surface area contributed by atoms with Crippen molar-refractivity contribution in [3.05, 3.63) is 0 Å². The number of halogens is 2. The number of nitrogens with zero attached hydrogens (tertiary/aromatic N) is 1. The number of amides is 1. The highest BCUT2D eigenvalue weighted by Gasteiger charge is 2.32. The van der Waals surface area contributed by atoms with Gasteiger partial charge in [0, 0.05) is 19.0 Å². The molecular weight excluding hydrogens is 181 g/mol. The highest BCUT2D eigenvalue weighted by molar-refractivity contribution is 6.30. The third-order valence-electron chi connectivity index (χ3n) is 2.11. The van der Waals surface area contributed by atoms with Crippen LogP contribution in [0.5, 0.6) is 0 Å². The van der Waals surface area contributed by atoms with Gasteiger partial charge in [-0.25, -0.2) is 0 Å². The van der Waals surface area contributed by atoms with E-state index in [0.29, 0.717) is 19.5 Å². The molecule has 0 N–H and O–H groups in total. The Labute approximate surface area is 76.7 Å². The lowest BCUT2D eigenvalue weighted by molar-refractivity contribution is -0.137. The average molecular weight is 194 g/mol. The monoisotopic (exact) mass is 193 g/mol. The van der Waals surface area contributed by atoms with E-state index in [0.717, 1.165) is 0 Å². The maximum atomic E-state index is 12.0. The van der Waals surface area contributed by atoms with Crippen molar-refractivity contribution in [2.75, 3.05) is 19.8 Å². The van der Waals surface area contributed by atoms with Crippen LogP contribution in [-0.4, -0.2) is 35.9 Å². The van der Waals surface area contributed by atoms with Gasteiger partial charge in [0.2, 0.25) is 5.91 Å². The molecule has 0 unspecified atom stereocenters. The summed E-state index contributed by atoms with van der Waals surface area (Å²) in [5, 5.41) is -0.425. The van der Waals surface area contributed by atoms with Crippen LogP contribution in [0.1, 0.15) is 13.3 Å². The summed E-state index contributed by atoms with van der Waals surface area (Å²) in [5.41, 5.74) is 0. The van der Waals surface area contributed by atoms with Gasteiger partial charge in [-0.2, -0.15) is 0 Å². The molecule has 1 aliphatic heterocycles. The summed E-state index contributed by atoms with van der Waals surface area (Å²) in [6, 6.07) is 0. The molecule has 4 heteroatoms. The number of carbonyl (C=O) groups is 1. The Hall–Kier alpha value is -0.310. The third kappa shape index (κ3) is 1.89. The molecule has 12 heavy (non-hydrogen) atoms. The molecule has 0 radical (unpaired) electrons. The van der Waals surface area contributed by atoms with E-state index in [4.69, 9.17) is 11.6 Å². The Balaban J connectivity index is 2.28. The van der Waals surface area contributed by atoms with Crippen molar-refractivity contribution in [1.29, 1.82) is 0 Å². The minimum Gasteiger partial charge on any atom is -0.341 e. The second-order valence-corrected chi connectivity index (χ2v) is 3.67. The minimum absolute atomic E-state index is 0.0506. The Morgan fingerprint density at radius 1 is 1.75 bits per heavy atom. The molecule has 0 bridgehead atoms. The van der Waals surface area contributed by atoms with Crippen molar-refractivity contribution < 1.29 is 9.18 Å². The number of carbonyl (C=O) groups excluding carboxylic acids is 1. The maximum Gasteiger partial charge on any atom is 0.240 e. The van der Waals surface area contributed by atoms with Gasteiger partial charge in [0.15, 0.2) is 0 Å². The first-order valence-electron chi connectivity index (χ1n) is 4.17. The van der Waals surface area contributed by atoms with E-state index in [9.17, 15) is 9.18 Å². The van der Waals surface area contributed by atoms with Gasteiger partial charge in [0.05, 0.1) is 6.67 Å². The average Bonchev–Trinajstić information content (AvgIpc) is 2.01. The lowest BCUT2D eigenvalue weighted by Crippen LogP contribution is -2.53. The quantitative estimate of drug-likeness (QED) is 0.621. The van der Waals surface area contributed by atoms with Gasteiger partial charge in [-0.1, -0.05) is 6.92 Å². The predicted molar refractivity (Wildman–Crippen MR) is 46.0 cm³/mol. The zero-order chi connectivity index (χ0) is 9.14. The van der Waals surface area contributed by atoms with Gasteiger partial charge in [-0.15, -0.1) is 11.6 Å². The molecule has 0 aliphatic carbocycles. The topological polar surface area (TPSA) is 20.3 Å². The first-order chi connectivity index (χ1) is 5.69. The Kier molecular flexibility index (Phi) is 3.32. The number of hydrogen-bond donors (Lipinski definition) is 0. The van der Waals surface area contributed by atoms with E-state index in [1.165, 1.54) is 0 Å². The molecule has 70 valence electrons. The Morgan fingerprint density at radius 2 is 2.33 bits per heavy atom. The fourth-order valence-corrected chi connectivity index (χ4v) is 1.36. The van der Waals surface area contributed by atoms with Gasteiger partial charge in [-0.05, 0) is 6.42 Å². The zero-order valence-electron chi connectivity index (χ0n) is 7.09. The normalized spacial score (nSPS) is 20.4. The van der Waals surface area contributed by atoms with Crippen molar-refractivity contribution in [1.82, 2.24) is 4.90 Å². The lowest BCUT2D eigenvalue weighted by atomic mass is 10.0. The molecule has 0 aromatic heterocycles. The molecule has 0 spiro atoms. The molecule has 0 saturated carbocycles. The molecule has 2 nitrogen and oxygen atoms in total. The molecule has 1 fully saturated rings. The lowest BCUT2D eigenvalue weighted by Gasteiger charge is -2.38.